The number of furan rings is 1. The van der Waals surface area contributed by atoms with Gasteiger partial charge in [0.1, 0.15) is 11.6 Å². The summed E-state index contributed by atoms with van der Waals surface area (Å²) in [5.41, 5.74) is 0.937. The van der Waals surface area contributed by atoms with Crippen LogP contribution in [-0.4, -0.2) is 41.2 Å². The maximum atomic E-state index is 13.1. The van der Waals surface area contributed by atoms with Crippen LogP contribution in [0.3, 0.4) is 0 Å². The van der Waals surface area contributed by atoms with Crippen molar-refractivity contribution in [2.24, 2.45) is 0 Å². The second-order valence-corrected chi connectivity index (χ2v) is 8.86. The van der Waals surface area contributed by atoms with E-state index in [2.05, 4.69) is 4.90 Å². The van der Waals surface area contributed by atoms with Crippen molar-refractivity contribution in [1.82, 2.24) is 4.90 Å². The van der Waals surface area contributed by atoms with Gasteiger partial charge in [-0.1, -0.05) is 17.7 Å². The first-order valence-electron chi connectivity index (χ1n) is 9.52. The van der Waals surface area contributed by atoms with E-state index in [9.17, 15) is 13.4 Å². The molecular weight excluding hydrogens is 427 g/mol. The summed E-state index contributed by atoms with van der Waals surface area (Å²) in [5.74, 6) is 0.447. The Morgan fingerprint density at radius 1 is 1.03 bits per heavy atom. The molecule has 0 bridgehead atoms. The lowest BCUT2D eigenvalue weighted by Crippen LogP contribution is -2.48. The maximum Gasteiger partial charge on any atom is 0.289 e. The molecule has 4 rings (SSSR count). The van der Waals surface area contributed by atoms with E-state index in [0.717, 1.165) is 5.69 Å². The van der Waals surface area contributed by atoms with Gasteiger partial charge < -0.3 is 14.2 Å². The monoisotopic (exact) mass is 446 g/mol. The molecule has 2 aromatic carbocycles. The first kappa shape index (κ1) is 20.6. The van der Waals surface area contributed by atoms with Crippen LogP contribution >= 0.6 is 11.6 Å². The van der Waals surface area contributed by atoms with Gasteiger partial charge in [-0.2, -0.15) is 0 Å². The highest BCUT2D eigenvalue weighted by Gasteiger charge is 2.24. The minimum atomic E-state index is -1.31. The number of carbonyl (C=O) groups is 1. The number of halogens is 2. The first-order valence-corrected chi connectivity index (χ1v) is 11.2. The van der Waals surface area contributed by atoms with Crippen molar-refractivity contribution in [2.45, 2.75) is 10.6 Å². The van der Waals surface area contributed by atoms with Gasteiger partial charge >= 0.3 is 0 Å². The maximum absolute atomic E-state index is 13.1. The lowest BCUT2D eigenvalue weighted by atomic mass is 10.2. The number of benzene rings is 2. The van der Waals surface area contributed by atoms with Crippen molar-refractivity contribution in [2.75, 3.05) is 31.1 Å². The molecule has 30 heavy (non-hydrogen) atoms. The molecule has 0 N–H and O–H groups in total. The molecule has 3 aromatic rings. The average Bonchev–Trinajstić information content (AvgIpc) is 3.22. The molecule has 0 saturated carbocycles. The number of hydrogen-bond donors (Lipinski definition) is 0. The van der Waals surface area contributed by atoms with Crippen molar-refractivity contribution in [1.29, 1.82) is 0 Å². The summed E-state index contributed by atoms with van der Waals surface area (Å²) in [4.78, 5) is 17.2. The Morgan fingerprint density at radius 2 is 1.77 bits per heavy atom. The number of piperazine rings is 1. The Balaban J connectivity index is 1.35. The van der Waals surface area contributed by atoms with E-state index in [-0.39, 0.29) is 23.2 Å². The van der Waals surface area contributed by atoms with Gasteiger partial charge in [0.15, 0.2) is 5.76 Å². The second-order valence-electron chi connectivity index (χ2n) is 6.97. The van der Waals surface area contributed by atoms with Crippen molar-refractivity contribution >= 4 is 34.0 Å². The van der Waals surface area contributed by atoms with Gasteiger partial charge in [-0.05, 0) is 54.6 Å². The van der Waals surface area contributed by atoms with Crippen LogP contribution in [-0.2, 0) is 16.6 Å². The Labute approximate surface area is 181 Å². The minimum absolute atomic E-state index is 0.173. The van der Waals surface area contributed by atoms with Crippen molar-refractivity contribution in [3.63, 3.8) is 0 Å². The molecule has 1 amide bonds. The molecule has 2 heterocycles. The van der Waals surface area contributed by atoms with Crippen LogP contribution in [0.1, 0.15) is 16.3 Å². The summed E-state index contributed by atoms with van der Waals surface area (Å²) < 4.78 is 31.3. The Kier molecular flexibility index (Phi) is 6.20. The van der Waals surface area contributed by atoms with Crippen LogP contribution in [0.5, 0.6) is 0 Å². The van der Waals surface area contributed by atoms with Crippen LogP contribution in [0.25, 0.3) is 0 Å². The number of anilines is 1. The van der Waals surface area contributed by atoms with E-state index in [4.69, 9.17) is 16.0 Å². The third-order valence-electron chi connectivity index (χ3n) is 4.96. The van der Waals surface area contributed by atoms with Gasteiger partial charge in [-0.3, -0.25) is 9.00 Å². The van der Waals surface area contributed by atoms with Gasteiger partial charge in [0, 0.05) is 41.8 Å². The van der Waals surface area contributed by atoms with Crippen LogP contribution in [0.2, 0.25) is 5.02 Å². The highest BCUT2D eigenvalue weighted by Crippen LogP contribution is 2.21. The summed E-state index contributed by atoms with van der Waals surface area (Å²) in [5, 5.41) is 0.524. The fourth-order valence-corrected chi connectivity index (χ4v) is 4.69. The first-order chi connectivity index (χ1) is 14.5. The predicted molar refractivity (Wildman–Crippen MR) is 115 cm³/mol. The quantitative estimate of drug-likeness (QED) is 0.585. The highest BCUT2D eigenvalue weighted by molar-refractivity contribution is 7.84. The molecule has 1 saturated heterocycles. The van der Waals surface area contributed by atoms with Gasteiger partial charge in [0.25, 0.3) is 5.91 Å². The molecule has 1 aliphatic heterocycles. The molecule has 1 atom stereocenters. The molecule has 0 aliphatic carbocycles. The minimum Gasteiger partial charge on any atom is -0.455 e. The lowest BCUT2D eigenvalue weighted by Gasteiger charge is -2.35. The van der Waals surface area contributed by atoms with E-state index in [1.54, 1.807) is 53.4 Å². The van der Waals surface area contributed by atoms with E-state index >= 15 is 0 Å². The zero-order chi connectivity index (χ0) is 21.1. The van der Waals surface area contributed by atoms with Gasteiger partial charge in [0.2, 0.25) is 0 Å². The molecule has 5 nitrogen and oxygen atoms in total. The lowest BCUT2D eigenvalue weighted by molar-refractivity contribution is 0.0713. The number of hydrogen-bond acceptors (Lipinski definition) is 4. The Bertz CT molecular complexity index is 1060. The number of nitrogens with zero attached hydrogens (tertiary/aromatic N) is 2. The van der Waals surface area contributed by atoms with E-state index < -0.39 is 10.8 Å². The molecule has 1 aliphatic rings. The number of rotatable bonds is 5. The summed E-state index contributed by atoms with van der Waals surface area (Å²) >= 11 is 5.95. The van der Waals surface area contributed by atoms with Crippen molar-refractivity contribution < 1.29 is 17.8 Å². The van der Waals surface area contributed by atoms with Crippen molar-refractivity contribution in [3.05, 3.63) is 83.0 Å². The van der Waals surface area contributed by atoms with E-state index in [1.807, 2.05) is 0 Å². The summed E-state index contributed by atoms with van der Waals surface area (Å²) in [7, 11) is -1.31. The summed E-state index contributed by atoms with van der Waals surface area (Å²) in [6, 6.07) is 16.5. The van der Waals surface area contributed by atoms with Crippen LogP contribution in [0.15, 0.2) is 70.0 Å². The molecule has 0 radical (unpaired) electrons. The van der Waals surface area contributed by atoms with Crippen LogP contribution in [0.4, 0.5) is 10.1 Å². The highest BCUT2D eigenvalue weighted by atomic mass is 35.5. The summed E-state index contributed by atoms with van der Waals surface area (Å²) in [6.07, 6.45) is 0. The van der Waals surface area contributed by atoms with Crippen LogP contribution < -0.4 is 4.90 Å². The largest absolute Gasteiger partial charge is 0.455 e. The number of amides is 1. The fourth-order valence-electron chi connectivity index (χ4n) is 3.37. The smallest absolute Gasteiger partial charge is 0.289 e. The van der Waals surface area contributed by atoms with E-state index in [1.165, 1.54) is 12.1 Å². The molecule has 0 spiro atoms. The molecule has 0 unspecified atom stereocenters. The molecular formula is C22H20ClFN2O3S. The normalized spacial score (nSPS) is 15.3. The zero-order valence-corrected chi connectivity index (χ0v) is 17.7. The molecule has 156 valence electrons. The number of carbonyl (C=O) groups excluding carboxylic acids is 1. The predicted octanol–water partition coefficient (Wildman–Crippen LogP) is 4.34. The van der Waals surface area contributed by atoms with Gasteiger partial charge in [-0.15, -0.1) is 0 Å². The summed E-state index contributed by atoms with van der Waals surface area (Å²) in [6.45, 7) is 2.40. The van der Waals surface area contributed by atoms with E-state index in [0.29, 0.717) is 41.9 Å². The second kappa shape index (κ2) is 9.02. The van der Waals surface area contributed by atoms with Crippen LogP contribution in [0, 0.1) is 5.82 Å². The SMILES string of the molecule is O=C(c1ccc(C[S@](=O)c2cccc(Cl)c2)o1)N1CCN(c2ccc(F)cc2)CC1. The van der Waals surface area contributed by atoms with Crippen molar-refractivity contribution in [3.8, 4) is 0 Å². The third kappa shape index (κ3) is 4.74. The zero-order valence-electron chi connectivity index (χ0n) is 16.1. The fraction of sp³-hybridized carbons (Fsp3) is 0.227. The third-order valence-corrected chi connectivity index (χ3v) is 6.52. The topological polar surface area (TPSA) is 53.8 Å². The Hall–Kier alpha value is -2.64. The standard InChI is InChI=1S/C22H20ClFN2O3S/c23-16-2-1-3-20(14-16)30(28)15-19-8-9-21(29-19)22(27)26-12-10-25(11-13-26)18-6-4-17(24)5-7-18/h1-9,14H,10-13,15H2/t30-/m0/s1. The average molecular weight is 447 g/mol. The van der Waals surface area contributed by atoms with Gasteiger partial charge in [-0.25, -0.2) is 4.39 Å². The van der Waals surface area contributed by atoms with Gasteiger partial charge in [0.05, 0.1) is 16.6 Å². The molecule has 8 heteroatoms. The molecule has 1 aromatic heterocycles. The molecule has 1 fully saturated rings. The Morgan fingerprint density at radius 3 is 2.47 bits per heavy atom.